The third-order valence-electron chi connectivity index (χ3n) is 1.94. The average Bonchev–Trinajstić information content (AvgIpc) is 2.27. The van der Waals surface area contributed by atoms with Gasteiger partial charge in [0.15, 0.2) is 0 Å². The van der Waals surface area contributed by atoms with Crippen LogP contribution in [0.3, 0.4) is 0 Å². The number of thioether (sulfide) groups is 1. The SMILES string of the molecule is NC(=O)c1ccc(N)c(SCC(O)CO)c1. The quantitative estimate of drug-likeness (QED) is 0.423. The summed E-state index contributed by atoms with van der Waals surface area (Å²) in [7, 11) is 0. The molecule has 0 heterocycles. The van der Waals surface area contributed by atoms with Gasteiger partial charge in [-0.05, 0) is 18.2 Å². The summed E-state index contributed by atoms with van der Waals surface area (Å²) in [6.07, 6.45) is -0.804. The number of nitrogen functional groups attached to an aromatic ring is 1. The van der Waals surface area contributed by atoms with Crippen molar-refractivity contribution in [3.63, 3.8) is 0 Å². The van der Waals surface area contributed by atoms with Gasteiger partial charge < -0.3 is 21.7 Å². The fourth-order valence-electron chi connectivity index (χ4n) is 1.05. The molecule has 6 heteroatoms. The summed E-state index contributed by atoms with van der Waals surface area (Å²) < 4.78 is 0. The Kier molecular flexibility index (Phi) is 4.60. The maximum atomic E-state index is 10.9. The van der Waals surface area contributed by atoms with Crippen molar-refractivity contribution in [2.45, 2.75) is 11.0 Å². The number of hydrogen-bond acceptors (Lipinski definition) is 5. The number of aliphatic hydroxyl groups is 2. The summed E-state index contributed by atoms with van der Waals surface area (Å²) >= 11 is 1.27. The van der Waals surface area contributed by atoms with Gasteiger partial charge in [0.2, 0.25) is 5.91 Å². The first-order valence-electron chi connectivity index (χ1n) is 4.65. The third-order valence-corrected chi connectivity index (χ3v) is 3.16. The largest absolute Gasteiger partial charge is 0.398 e. The Bertz CT molecular complexity index is 384. The van der Waals surface area contributed by atoms with E-state index in [9.17, 15) is 9.90 Å². The zero-order valence-electron chi connectivity index (χ0n) is 8.59. The van der Waals surface area contributed by atoms with Crippen LogP contribution in [0.5, 0.6) is 0 Å². The van der Waals surface area contributed by atoms with E-state index in [0.29, 0.717) is 21.9 Å². The second-order valence-electron chi connectivity index (χ2n) is 3.26. The maximum absolute atomic E-state index is 10.9. The standard InChI is InChI=1S/C10H14N2O3S/c11-8-2-1-6(10(12)15)3-9(8)16-5-7(14)4-13/h1-3,7,13-14H,4-5,11H2,(H2,12,15). The number of carbonyl (C=O) groups excluding carboxylic acids is 1. The van der Waals surface area contributed by atoms with Crippen molar-refractivity contribution in [3.8, 4) is 0 Å². The van der Waals surface area contributed by atoms with E-state index in [1.54, 1.807) is 18.2 Å². The molecule has 0 fully saturated rings. The third kappa shape index (κ3) is 3.41. The molecule has 1 rings (SSSR count). The van der Waals surface area contributed by atoms with Crippen LogP contribution in [-0.4, -0.2) is 34.6 Å². The van der Waals surface area contributed by atoms with Gasteiger partial charge in [0, 0.05) is 21.9 Å². The highest BCUT2D eigenvalue weighted by atomic mass is 32.2. The number of amides is 1. The van der Waals surface area contributed by atoms with Crippen molar-refractivity contribution < 1.29 is 15.0 Å². The Balaban J connectivity index is 2.78. The molecule has 0 saturated heterocycles. The van der Waals surface area contributed by atoms with Crippen LogP contribution >= 0.6 is 11.8 Å². The molecule has 1 aromatic rings. The van der Waals surface area contributed by atoms with Crippen molar-refractivity contribution in [2.24, 2.45) is 5.73 Å². The number of nitrogens with two attached hydrogens (primary N) is 2. The second kappa shape index (κ2) is 5.74. The number of anilines is 1. The van der Waals surface area contributed by atoms with Gasteiger partial charge in [0.1, 0.15) is 0 Å². The van der Waals surface area contributed by atoms with Crippen LogP contribution in [0.1, 0.15) is 10.4 Å². The van der Waals surface area contributed by atoms with E-state index in [-0.39, 0.29) is 6.61 Å². The molecule has 0 spiro atoms. The highest BCUT2D eigenvalue weighted by Crippen LogP contribution is 2.26. The Labute approximate surface area is 97.4 Å². The van der Waals surface area contributed by atoms with Crippen molar-refractivity contribution >= 4 is 23.4 Å². The van der Waals surface area contributed by atoms with Gasteiger partial charge in [-0.1, -0.05) is 0 Å². The number of benzene rings is 1. The smallest absolute Gasteiger partial charge is 0.248 e. The van der Waals surface area contributed by atoms with Gasteiger partial charge in [-0.15, -0.1) is 11.8 Å². The molecular formula is C10H14N2O3S. The lowest BCUT2D eigenvalue weighted by Crippen LogP contribution is -2.15. The van der Waals surface area contributed by atoms with Crippen LogP contribution < -0.4 is 11.5 Å². The first-order valence-corrected chi connectivity index (χ1v) is 5.64. The summed E-state index contributed by atoms with van der Waals surface area (Å²) in [5.74, 6) is -0.215. The van der Waals surface area contributed by atoms with E-state index >= 15 is 0 Å². The molecule has 0 bridgehead atoms. The van der Waals surface area contributed by atoms with Crippen LogP contribution in [0.15, 0.2) is 23.1 Å². The molecule has 0 aliphatic heterocycles. The maximum Gasteiger partial charge on any atom is 0.248 e. The Morgan fingerprint density at radius 2 is 2.19 bits per heavy atom. The van der Waals surface area contributed by atoms with Crippen LogP contribution in [0.25, 0.3) is 0 Å². The fourth-order valence-corrected chi connectivity index (χ4v) is 1.97. The van der Waals surface area contributed by atoms with Crippen molar-refractivity contribution in [2.75, 3.05) is 18.1 Å². The number of rotatable bonds is 5. The molecular weight excluding hydrogens is 228 g/mol. The summed E-state index contributed by atoms with van der Waals surface area (Å²) in [6.45, 7) is -0.303. The topological polar surface area (TPSA) is 110 Å². The molecule has 0 saturated carbocycles. The van der Waals surface area contributed by atoms with Crippen molar-refractivity contribution in [1.82, 2.24) is 0 Å². The Morgan fingerprint density at radius 1 is 1.50 bits per heavy atom. The molecule has 0 aliphatic rings. The van der Waals surface area contributed by atoms with Gasteiger partial charge in [-0.25, -0.2) is 0 Å². The molecule has 88 valence electrons. The number of carbonyl (C=O) groups is 1. The molecule has 6 N–H and O–H groups in total. The van der Waals surface area contributed by atoms with Gasteiger partial charge in [0.05, 0.1) is 12.7 Å². The normalized spacial score (nSPS) is 12.4. The van der Waals surface area contributed by atoms with E-state index in [2.05, 4.69) is 0 Å². The van der Waals surface area contributed by atoms with Crippen LogP contribution in [0, 0.1) is 0 Å². The van der Waals surface area contributed by atoms with Crippen molar-refractivity contribution in [3.05, 3.63) is 23.8 Å². The molecule has 1 aromatic carbocycles. The zero-order valence-corrected chi connectivity index (χ0v) is 9.41. The predicted octanol–water partition coefficient (Wildman–Crippen LogP) is -0.187. The van der Waals surface area contributed by atoms with E-state index < -0.39 is 12.0 Å². The second-order valence-corrected chi connectivity index (χ2v) is 4.33. The van der Waals surface area contributed by atoms with E-state index in [1.807, 2.05) is 0 Å². The van der Waals surface area contributed by atoms with E-state index in [4.69, 9.17) is 16.6 Å². The minimum atomic E-state index is -0.804. The van der Waals surface area contributed by atoms with Gasteiger partial charge in [0.25, 0.3) is 0 Å². The lowest BCUT2D eigenvalue weighted by Gasteiger charge is -2.09. The van der Waals surface area contributed by atoms with Crippen LogP contribution in [-0.2, 0) is 0 Å². The summed E-state index contributed by atoms with van der Waals surface area (Å²) in [6, 6.07) is 4.71. The van der Waals surface area contributed by atoms with Crippen molar-refractivity contribution in [1.29, 1.82) is 0 Å². The van der Waals surface area contributed by atoms with Gasteiger partial charge >= 0.3 is 0 Å². The van der Waals surface area contributed by atoms with Crippen LogP contribution in [0.2, 0.25) is 0 Å². The molecule has 16 heavy (non-hydrogen) atoms. The van der Waals surface area contributed by atoms with E-state index in [0.717, 1.165) is 0 Å². The molecule has 0 aliphatic carbocycles. The minimum absolute atomic E-state index is 0.303. The Hall–Kier alpha value is -1.24. The summed E-state index contributed by atoms with van der Waals surface area (Å²) in [5.41, 5.74) is 11.7. The molecule has 0 aromatic heterocycles. The average molecular weight is 242 g/mol. The number of hydrogen-bond donors (Lipinski definition) is 4. The highest BCUT2D eigenvalue weighted by Gasteiger charge is 2.08. The lowest BCUT2D eigenvalue weighted by molar-refractivity contribution is 0.1000. The summed E-state index contributed by atoms with van der Waals surface area (Å²) in [5, 5.41) is 17.8. The fraction of sp³-hybridized carbons (Fsp3) is 0.300. The van der Waals surface area contributed by atoms with Crippen LogP contribution in [0.4, 0.5) is 5.69 Å². The Morgan fingerprint density at radius 3 is 2.75 bits per heavy atom. The van der Waals surface area contributed by atoms with Gasteiger partial charge in [-0.2, -0.15) is 0 Å². The number of primary amides is 1. The number of aliphatic hydroxyl groups excluding tert-OH is 2. The highest BCUT2D eigenvalue weighted by molar-refractivity contribution is 7.99. The molecule has 1 atom stereocenters. The lowest BCUT2D eigenvalue weighted by atomic mass is 10.2. The van der Waals surface area contributed by atoms with Gasteiger partial charge in [-0.3, -0.25) is 4.79 Å². The molecule has 1 amide bonds. The minimum Gasteiger partial charge on any atom is -0.398 e. The first-order chi connectivity index (χ1) is 7.54. The van der Waals surface area contributed by atoms with E-state index in [1.165, 1.54) is 11.8 Å². The summed E-state index contributed by atoms with van der Waals surface area (Å²) in [4.78, 5) is 11.6. The molecule has 5 nitrogen and oxygen atoms in total. The first kappa shape index (κ1) is 12.8. The predicted molar refractivity (Wildman–Crippen MR) is 63.2 cm³/mol. The molecule has 0 radical (unpaired) electrons. The zero-order chi connectivity index (χ0) is 12.1. The monoisotopic (exact) mass is 242 g/mol. The molecule has 1 unspecified atom stereocenters.